The van der Waals surface area contributed by atoms with Crippen LogP contribution in [0.15, 0.2) is 24.3 Å². The molecule has 2 nitrogen and oxygen atoms in total. The zero-order chi connectivity index (χ0) is 12.1. The van der Waals surface area contributed by atoms with Crippen molar-refractivity contribution in [2.75, 3.05) is 13.2 Å². The Bertz CT molecular complexity index is 345. The quantitative estimate of drug-likeness (QED) is 0.780. The summed E-state index contributed by atoms with van der Waals surface area (Å²) < 4.78 is 5.88. The lowest BCUT2D eigenvalue weighted by atomic mass is 10.2. The Kier molecular flexibility index (Phi) is 4.43. The van der Waals surface area contributed by atoms with Crippen LogP contribution in [0.5, 0.6) is 5.75 Å². The summed E-state index contributed by atoms with van der Waals surface area (Å²) in [6.45, 7) is 7.29. The molecule has 1 aromatic carbocycles. The number of hydrogen-bond donors (Lipinski definition) is 1. The fourth-order valence-corrected chi connectivity index (χ4v) is 1.78. The zero-order valence-corrected chi connectivity index (χ0v) is 10.9. The summed E-state index contributed by atoms with van der Waals surface area (Å²) in [5.41, 5.74) is 1.27. The minimum atomic E-state index is 0.689. The van der Waals surface area contributed by atoms with Crippen LogP contribution in [-0.4, -0.2) is 13.2 Å². The predicted octanol–water partition coefficient (Wildman–Crippen LogP) is 3.22. The lowest BCUT2D eigenvalue weighted by Gasteiger charge is -2.12. The van der Waals surface area contributed by atoms with Gasteiger partial charge in [-0.3, -0.25) is 0 Å². The molecular weight excluding hydrogens is 210 g/mol. The van der Waals surface area contributed by atoms with Crippen LogP contribution in [0.1, 0.15) is 32.3 Å². The number of rotatable bonds is 7. The largest absolute Gasteiger partial charge is 0.493 e. The van der Waals surface area contributed by atoms with Gasteiger partial charge in [0.2, 0.25) is 0 Å². The molecule has 0 aromatic heterocycles. The van der Waals surface area contributed by atoms with Gasteiger partial charge < -0.3 is 10.1 Å². The van der Waals surface area contributed by atoms with Crippen molar-refractivity contribution < 1.29 is 4.74 Å². The second-order valence-electron chi connectivity index (χ2n) is 5.39. The molecule has 2 heteroatoms. The van der Waals surface area contributed by atoms with Gasteiger partial charge in [-0.15, -0.1) is 0 Å². The molecule has 0 atom stereocenters. The molecule has 1 aliphatic rings. The van der Waals surface area contributed by atoms with E-state index in [1.165, 1.54) is 18.4 Å². The van der Waals surface area contributed by atoms with E-state index in [0.29, 0.717) is 5.92 Å². The molecule has 0 heterocycles. The molecule has 0 amide bonds. The summed E-state index contributed by atoms with van der Waals surface area (Å²) in [4.78, 5) is 0. The van der Waals surface area contributed by atoms with Crippen molar-refractivity contribution in [2.24, 2.45) is 11.8 Å². The highest BCUT2D eigenvalue weighted by Crippen LogP contribution is 2.30. The highest BCUT2D eigenvalue weighted by molar-refractivity contribution is 5.33. The molecule has 1 N–H and O–H groups in total. The molecule has 1 saturated carbocycles. The molecule has 0 spiro atoms. The second-order valence-corrected chi connectivity index (χ2v) is 5.39. The summed E-state index contributed by atoms with van der Waals surface area (Å²) in [5.74, 6) is 2.55. The maximum absolute atomic E-state index is 5.88. The average molecular weight is 233 g/mol. The third-order valence-electron chi connectivity index (χ3n) is 3.01. The fourth-order valence-electron chi connectivity index (χ4n) is 1.78. The third-order valence-corrected chi connectivity index (χ3v) is 3.01. The minimum absolute atomic E-state index is 0.689. The Labute approximate surface area is 104 Å². The minimum Gasteiger partial charge on any atom is -0.493 e. The summed E-state index contributed by atoms with van der Waals surface area (Å²) in [7, 11) is 0. The normalized spacial score (nSPS) is 15.2. The highest BCUT2D eigenvalue weighted by Gasteiger charge is 2.22. The Balaban J connectivity index is 1.85. The van der Waals surface area contributed by atoms with Crippen LogP contribution in [-0.2, 0) is 6.54 Å². The topological polar surface area (TPSA) is 21.3 Å². The summed E-state index contributed by atoms with van der Waals surface area (Å²) in [6.07, 6.45) is 2.68. The van der Waals surface area contributed by atoms with E-state index in [4.69, 9.17) is 4.74 Å². The van der Waals surface area contributed by atoms with Crippen molar-refractivity contribution in [1.82, 2.24) is 5.32 Å². The van der Waals surface area contributed by atoms with Crippen LogP contribution in [0.2, 0.25) is 0 Å². The van der Waals surface area contributed by atoms with Crippen molar-refractivity contribution in [1.29, 1.82) is 0 Å². The maximum Gasteiger partial charge on any atom is 0.123 e. The summed E-state index contributed by atoms with van der Waals surface area (Å²) in [6, 6.07) is 8.36. The van der Waals surface area contributed by atoms with E-state index >= 15 is 0 Å². The number of benzene rings is 1. The molecule has 1 aromatic rings. The average Bonchev–Trinajstić information content (AvgIpc) is 3.11. The van der Waals surface area contributed by atoms with E-state index in [9.17, 15) is 0 Å². The first kappa shape index (κ1) is 12.4. The molecule has 1 aliphatic carbocycles. The van der Waals surface area contributed by atoms with Crippen LogP contribution in [0.25, 0.3) is 0 Å². The third kappa shape index (κ3) is 4.39. The molecule has 0 unspecified atom stereocenters. The van der Waals surface area contributed by atoms with Crippen molar-refractivity contribution in [3.05, 3.63) is 29.8 Å². The standard InChI is InChI=1S/C15H23NO/c1-12(2)9-16-10-14-5-3-4-6-15(14)17-11-13-7-8-13/h3-6,12-13,16H,7-11H2,1-2H3. The van der Waals surface area contributed by atoms with E-state index < -0.39 is 0 Å². The van der Waals surface area contributed by atoms with E-state index in [2.05, 4.69) is 37.4 Å². The van der Waals surface area contributed by atoms with Gasteiger partial charge in [-0.05, 0) is 37.3 Å². The zero-order valence-electron chi connectivity index (χ0n) is 10.9. The molecule has 17 heavy (non-hydrogen) atoms. The van der Waals surface area contributed by atoms with Gasteiger partial charge in [0.05, 0.1) is 6.61 Å². The molecule has 0 bridgehead atoms. The molecule has 0 radical (unpaired) electrons. The lowest BCUT2D eigenvalue weighted by molar-refractivity contribution is 0.296. The number of nitrogens with one attached hydrogen (secondary N) is 1. The van der Waals surface area contributed by atoms with E-state index in [1.807, 2.05) is 6.07 Å². The van der Waals surface area contributed by atoms with Gasteiger partial charge >= 0.3 is 0 Å². The monoisotopic (exact) mass is 233 g/mol. The van der Waals surface area contributed by atoms with Crippen LogP contribution in [0.3, 0.4) is 0 Å². The van der Waals surface area contributed by atoms with E-state index in [1.54, 1.807) is 0 Å². The smallest absolute Gasteiger partial charge is 0.123 e. The SMILES string of the molecule is CC(C)CNCc1ccccc1OCC1CC1. The molecular formula is C15H23NO. The van der Waals surface area contributed by atoms with E-state index in [-0.39, 0.29) is 0 Å². The van der Waals surface area contributed by atoms with Gasteiger partial charge in [-0.2, -0.15) is 0 Å². The number of ether oxygens (including phenoxy) is 1. The van der Waals surface area contributed by atoms with Crippen molar-refractivity contribution >= 4 is 0 Å². The van der Waals surface area contributed by atoms with Gasteiger partial charge in [0, 0.05) is 12.1 Å². The van der Waals surface area contributed by atoms with Gasteiger partial charge in [-0.25, -0.2) is 0 Å². The van der Waals surface area contributed by atoms with Gasteiger partial charge in [0.15, 0.2) is 0 Å². The first-order chi connectivity index (χ1) is 8.25. The maximum atomic E-state index is 5.88. The first-order valence-corrected chi connectivity index (χ1v) is 6.67. The van der Waals surface area contributed by atoms with Gasteiger partial charge in [0.25, 0.3) is 0 Å². The Hall–Kier alpha value is -1.02. The van der Waals surface area contributed by atoms with E-state index in [0.717, 1.165) is 31.4 Å². The molecule has 0 aliphatic heterocycles. The fraction of sp³-hybridized carbons (Fsp3) is 0.600. The molecule has 0 saturated heterocycles. The molecule has 1 fully saturated rings. The molecule has 2 rings (SSSR count). The van der Waals surface area contributed by atoms with Crippen molar-refractivity contribution in [2.45, 2.75) is 33.2 Å². The molecule has 94 valence electrons. The number of para-hydroxylation sites is 1. The Morgan fingerprint density at radius 2 is 2.06 bits per heavy atom. The van der Waals surface area contributed by atoms with Gasteiger partial charge in [0.1, 0.15) is 5.75 Å². The van der Waals surface area contributed by atoms with Crippen molar-refractivity contribution in [3.63, 3.8) is 0 Å². The summed E-state index contributed by atoms with van der Waals surface area (Å²) >= 11 is 0. The summed E-state index contributed by atoms with van der Waals surface area (Å²) in [5, 5.41) is 3.46. The predicted molar refractivity (Wildman–Crippen MR) is 71.2 cm³/mol. The Morgan fingerprint density at radius 3 is 2.76 bits per heavy atom. The number of hydrogen-bond acceptors (Lipinski definition) is 2. The van der Waals surface area contributed by atoms with Crippen LogP contribution >= 0.6 is 0 Å². The first-order valence-electron chi connectivity index (χ1n) is 6.67. The van der Waals surface area contributed by atoms with Crippen molar-refractivity contribution in [3.8, 4) is 5.75 Å². The highest BCUT2D eigenvalue weighted by atomic mass is 16.5. The van der Waals surface area contributed by atoms with Crippen LogP contribution < -0.4 is 10.1 Å². The van der Waals surface area contributed by atoms with Crippen LogP contribution in [0.4, 0.5) is 0 Å². The van der Waals surface area contributed by atoms with Gasteiger partial charge in [-0.1, -0.05) is 32.0 Å². The Morgan fingerprint density at radius 1 is 1.29 bits per heavy atom. The lowest BCUT2D eigenvalue weighted by Crippen LogP contribution is -2.19. The van der Waals surface area contributed by atoms with Crippen LogP contribution in [0, 0.1) is 11.8 Å². The second kappa shape index (κ2) is 6.06.